The van der Waals surface area contributed by atoms with E-state index in [2.05, 4.69) is 0 Å². The van der Waals surface area contributed by atoms with Gasteiger partial charge >= 0.3 is 27.5 Å². The summed E-state index contributed by atoms with van der Waals surface area (Å²) in [6.45, 7) is 0. The molecule has 0 heterocycles. The molecule has 1 nitrogen and oxygen atoms in total. The Bertz CT molecular complexity index is 8.00. The van der Waals surface area contributed by atoms with E-state index < -0.39 is 0 Å². The summed E-state index contributed by atoms with van der Waals surface area (Å²) in [7, 11) is 0. The van der Waals surface area contributed by atoms with E-state index in [0.29, 0.717) is 24.7 Å². The molecule has 0 atom stereocenters. The Labute approximate surface area is 63.7 Å². The molecule has 18 valence electrons. The predicted molar refractivity (Wildman–Crippen MR) is 10.6 cm³/mol. The molecule has 0 aromatic rings. The van der Waals surface area contributed by atoms with Gasteiger partial charge in [0.25, 0.3) is 0 Å². The van der Waals surface area contributed by atoms with Crippen molar-refractivity contribution in [1.82, 2.24) is 0 Å². The van der Waals surface area contributed by atoms with Gasteiger partial charge in [0.1, 0.15) is 0 Å². The van der Waals surface area contributed by atoms with E-state index in [-0.39, 0.29) is 36.8 Å². The van der Waals surface area contributed by atoms with Gasteiger partial charge in [-0.2, -0.15) is 0 Å². The molecule has 0 spiro atoms. The van der Waals surface area contributed by atoms with Crippen molar-refractivity contribution in [2.45, 2.75) is 0 Å². The molecule has 4 heteroatoms. The molecule has 0 rings (SSSR count). The van der Waals surface area contributed by atoms with Crippen molar-refractivity contribution >= 4 is 17.4 Å². The zero-order valence-electron chi connectivity index (χ0n) is 1.62. The van der Waals surface area contributed by atoms with Crippen LogP contribution in [0.2, 0.25) is 0 Å². The van der Waals surface area contributed by atoms with Crippen molar-refractivity contribution in [3.8, 4) is 0 Å². The molecule has 0 unspecified atom stereocenters. The molecule has 0 amide bonds. The van der Waals surface area contributed by atoms with Crippen molar-refractivity contribution in [1.29, 1.82) is 0 Å². The maximum atomic E-state index is 8.34. The maximum Gasteiger partial charge on any atom is 0 e. The van der Waals surface area contributed by atoms with Crippen molar-refractivity contribution in [3.63, 3.8) is 0 Å². The van der Waals surface area contributed by atoms with Crippen LogP contribution in [0.25, 0.3) is 0 Å². The van der Waals surface area contributed by atoms with Gasteiger partial charge in [0.05, 0.1) is 0 Å². The summed E-state index contributed by atoms with van der Waals surface area (Å²) in [4.78, 5) is 0. The van der Waals surface area contributed by atoms with Crippen molar-refractivity contribution < 1.29 is 47.0 Å². The molecule has 0 aromatic carbocycles. The first-order valence-electron chi connectivity index (χ1n) is 0.204. The first-order chi connectivity index (χ1) is 1.00. The van der Waals surface area contributed by atoms with Crippen LogP contribution >= 0.6 is 0 Å². The smallest absolute Gasteiger partial charge is 0 e. The van der Waals surface area contributed by atoms with E-state index in [1.807, 2.05) is 0 Å². The van der Waals surface area contributed by atoms with Gasteiger partial charge in [0.15, 0.2) is 17.4 Å². The van der Waals surface area contributed by atoms with Crippen LogP contribution in [-0.4, -0.2) is 17.4 Å². The molecule has 0 bridgehead atoms. The molecule has 0 saturated carbocycles. The zero-order valence-corrected chi connectivity index (χ0v) is 7.04. The third kappa shape index (κ3) is 9.15. The summed E-state index contributed by atoms with van der Waals surface area (Å²) in [6, 6.07) is 0. The molecule has 0 fully saturated rings. The molecule has 0 aliphatic carbocycles. The Morgan fingerprint density at radius 1 is 1.25 bits per heavy atom. The Balaban J connectivity index is -0.00000000500. The number of hydrogen-bond acceptors (Lipinski definition) is 1. The van der Waals surface area contributed by atoms with E-state index in [9.17, 15) is 0 Å². The van der Waals surface area contributed by atoms with Crippen LogP contribution in [-0.2, 0) is 47.0 Å². The second kappa shape index (κ2) is 21.1. The molecule has 0 radical (unpaired) electrons. The Kier molecular flexibility index (Phi) is 89.4. The molecule has 0 aliphatic rings. The van der Waals surface area contributed by atoms with Crippen LogP contribution in [0, 0.1) is 0 Å². The summed E-state index contributed by atoms with van der Waals surface area (Å²) in [5.74, 6) is 0. The fourth-order valence-corrected chi connectivity index (χ4v) is 0. The van der Waals surface area contributed by atoms with Gasteiger partial charge in [-0.1, -0.05) is 0 Å². The van der Waals surface area contributed by atoms with E-state index in [1.54, 1.807) is 0 Å². The number of hydrogen-bond donors (Lipinski definition) is 0. The van der Waals surface area contributed by atoms with Gasteiger partial charge in [-0.15, -0.1) is 0 Å². The van der Waals surface area contributed by atoms with Crippen LogP contribution in [0.15, 0.2) is 0 Å². The second-order valence-corrected chi connectivity index (χ2v) is 0. The van der Waals surface area contributed by atoms with Gasteiger partial charge in [0.2, 0.25) is 0 Å². The predicted octanol–water partition coefficient (Wildman–Crippen LogP) is -1.31. The average molecular weight is 203 g/mol. The Morgan fingerprint density at radius 3 is 1.25 bits per heavy atom. The minimum absolute atomic E-state index is 0. The van der Waals surface area contributed by atoms with E-state index >= 15 is 0 Å². The SMILES string of the molecule is [AlH3].[O]=[Zr].[Zn]. The molecular weight excluding hydrogens is 200 g/mol. The van der Waals surface area contributed by atoms with Gasteiger partial charge < -0.3 is 0 Å². The fraction of sp³-hybridized carbons (Fsp3) is 0. The minimum atomic E-state index is 0. The van der Waals surface area contributed by atoms with E-state index in [4.69, 9.17) is 2.81 Å². The summed E-state index contributed by atoms with van der Waals surface area (Å²) in [5, 5.41) is 0. The maximum absolute atomic E-state index is 8.34. The number of rotatable bonds is 0. The van der Waals surface area contributed by atoms with Gasteiger partial charge in [-0.25, -0.2) is 0 Å². The van der Waals surface area contributed by atoms with Crippen molar-refractivity contribution in [2.75, 3.05) is 0 Å². The van der Waals surface area contributed by atoms with Crippen LogP contribution in [0.4, 0.5) is 0 Å². The molecular formula is H3AlOZnZr. The molecule has 0 saturated heterocycles. The van der Waals surface area contributed by atoms with Crippen LogP contribution in [0.5, 0.6) is 0 Å². The summed E-state index contributed by atoms with van der Waals surface area (Å²) in [5.41, 5.74) is 0. The van der Waals surface area contributed by atoms with Gasteiger partial charge in [-0.05, 0) is 0 Å². The van der Waals surface area contributed by atoms with E-state index in [0.717, 1.165) is 0 Å². The zero-order chi connectivity index (χ0) is 2.00. The first kappa shape index (κ1) is 17.0. The second-order valence-electron chi connectivity index (χ2n) is 0. The van der Waals surface area contributed by atoms with E-state index in [1.165, 1.54) is 0 Å². The topological polar surface area (TPSA) is 17.1 Å². The summed E-state index contributed by atoms with van der Waals surface area (Å²) < 4.78 is 8.34. The summed E-state index contributed by atoms with van der Waals surface area (Å²) >= 11 is 0.300. The van der Waals surface area contributed by atoms with Crippen molar-refractivity contribution in [3.05, 3.63) is 0 Å². The van der Waals surface area contributed by atoms with Crippen LogP contribution in [0.3, 0.4) is 0 Å². The molecule has 0 N–H and O–H groups in total. The van der Waals surface area contributed by atoms with Crippen LogP contribution in [0.1, 0.15) is 0 Å². The van der Waals surface area contributed by atoms with Crippen LogP contribution < -0.4 is 0 Å². The molecule has 0 aromatic heterocycles. The minimum Gasteiger partial charge on any atom is 0 e. The van der Waals surface area contributed by atoms with Gasteiger partial charge in [-0.3, -0.25) is 0 Å². The average Bonchev–Trinajstić information content (AvgIpc) is 1.00. The molecule has 0 aliphatic heterocycles. The Morgan fingerprint density at radius 2 is 1.25 bits per heavy atom. The standard InChI is InChI=1S/Al.O.Zn.Zr.3H. The summed E-state index contributed by atoms with van der Waals surface area (Å²) in [6.07, 6.45) is 0. The normalized spacial score (nSPS) is 0.750. The Hall–Kier alpha value is 1.84. The monoisotopic (exact) mass is 200 g/mol. The van der Waals surface area contributed by atoms with Crippen molar-refractivity contribution in [2.24, 2.45) is 0 Å². The first-order valence-corrected chi connectivity index (χ1v) is 1.21. The fourth-order valence-electron chi connectivity index (χ4n) is 0. The largest absolute Gasteiger partial charge is 0 e. The van der Waals surface area contributed by atoms with Gasteiger partial charge in [0, 0.05) is 19.5 Å². The quantitative estimate of drug-likeness (QED) is 0.446. The third-order valence-corrected chi connectivity index (χ3v) is 0. The molecule has 4 heavy (non-hydrogen) atoms. The third-order valence-electron chi connectivity index (χ3n) is 0.